The number of carbonyl (C=O) groups is 1. The lowest BCUT2D eigenvalue weighted by molar-refractivity contribution is -0.144. The largest absolute Gasteiger partial charge is 0.466 e. The van der Waals surface area contributed by atoms with E-state index in [1.54, 1.807) is 6.08 Å². The lowest BCUT2D eigenvalue weighted by atomic mass is 10.3. The summed E-state index contributed by atoms with van der Waals surface area (Å²) in [5.74, 6) is 1.05. The molecule has 1 unspecified atom stereocenters. The van der Waals surface area contributed by atoms with Gasteiger partial charge < -0.3 is 4.74 Å². The van der Waals surface area contributed by atoms with Gasteiger partial charge in [-0.1, -0.05) is 6.08 Å². The van der Waals surface area contributed by atoms with Gasteiger partial charge in [-0.25, -0.2) is 0 Å². The second-order valence-electron chi connectivity index (χ2n) is 2.29. The molecule has 1 rings (SSSR count). The molecule has 1 atom stereocenters. The van der Waals surface area contributed by atoms with E-state index < -0.39 is 0 Å². The molecule has 55 valence electrons. The number of ether oxygens (including phenoxy) is 1. The Bertz CT molecular complexity index is 151. The molecule has 0 bridgehead atoms. The fourth-order valence-electron chi connectivity index (χ4n) is 0.880. The van der Waals surface area contributed by atoms with Crippen LogP contribution < -0.4 is 0 Å². The Kier molecular flexibility index (Phi) is 2.10. The molecule has 1 aliphatic carbocycles. The zero-order valence-corrected chi connectivity index (χ0v) is 6.09. The second-order valence-corrected chi connectivity index (χ2v) is 2.29. The second kappa shape index (κ2) is 2.86. The molecule has 1 saturated carbocycles. The van der Waals surface area contributed by atoms with Crippen LogP contribution in [0.1, 0.15) is 13.3 Å². The quantitative estimate of drug-likeness (QED) is 0.551. The first kappa shape index (κ1) is 7.32. The summed E-state index contributed by atoms with van der Waals surface area (Å²) >= 11 is 0. The van der Waals surface area contributed by atoms with Crippen LogP contribution in [0.4, 0.5) is 0 Å². The highest BCUT2D eigenvalue weighted by atomic mass is 16.5. The van der Waals surface area contributed by atoms with Crippen molar-refractivity contribution in [2.24, 2.45) is 5.92 Å². The predicted octanol–water partition coefficient (Wildman–Crippen LogP) is 1.33. The maximum Gasteiger partial charge on any atom is 0.309 e. The van der Waals surface area contributed by atoms with Crippen LogP contribution in [0.25, 0.3) is 0 Å². The van der Waals surface area contributed by atoms with E-state index >= 15 is 0 Å². The van der Waals surface area contributed by atoms with E-state index in [1.807, 2.05) is 6.92 Å². The average molecular weight is 139 g/mol. The molecule has 10 heavy (non-hydrogen) atoms. The summed E-state index contributed by atoms with van der Waals surface area (Å²) in [6, 6.07) is 0. The summed E-state index contributed by atoms with van der Waals surface area (Å²) in [6.45, 7) is 5.86. The van der Waals surface area contributed by atoms with E-state index in [0.29, 0.717) is 6.61 Å². The van der Waals surface area contributed by atoms with Crippen molar-refractivity contribution >= 4 is 5.97 Å². The highest BCUT2D eigenvalue weighted by Gasteiger charge is 2.42. The van der Waals surface area contributed by atoms with E-state index in [9.17, 15) is 4.79 Å². The number of hydrogen-bond donors (Lipinski definition) is 0. The molecular formula is C8H11O2. The van der Waals surface area contributed by atoms with Crippen LogP contribution in [0.15, 0.2) is 12.7 Å². The minimum Gasteiger partial charge on any atom is -0.466 e. The van der Waals surface area contributed by atoms with Gasteiger partial charge in [-0.15, -0.1) is 6.58 Å². The van der Waals surface area contributed by atoms with Crippen molar-refractivity contribution in [2.75, 3.05) is 6.61 Å². The van der Waals surface area contributed by atoms with Crippen molar-refractivity contribution in [2.45, 2.75) is 13.3 Å². The molecule has 2 heteroatoms. The molecule has 0 heterocycles. The lowest BCUT2D eigenvalue weighted by Gasteiger charge is -1.96. The van der Waals surface area contributed by atoms with Crippen LogP contribution in [0.5, 0.6) is 0 Å². The van der Waals surface area contributed by atoms with Crippen LogP contribution in [-0.2, 0) is 9.53 Å². The van der Waals surface area contributed by atoms with Gasteiger partial charge in [0.2, 0.25) is 0 Å². The third-order valence-electron chi connectivity index (χ3n) is 1.56. The standard InChI is InChI=1S/C8H11O2/c1-3-6-5-7(6)8(9)10-4-2/h3,7H,1,4-5H2,2H3. The van der Waals surface area contributed by atoms with Gasteiger partial charge in [-0.05, 0) is 13.3 Å². The first-order valence-corrected chi connectivity index (χ1v) is 3.44. The third-order valence-corrected chi connectivity index (χ3v) is 1.56. The van der Waals surface area contributed by atoms with Crippen LogP contribution in [-0.4, -0.2) is 12.6 Å². The molecule has 0 amide bonds. The SMILES string of the molecule is C=C[C]1CC1C(=O)OCC. The van der Waals surface area contributed by atoms with E-state index in [4.69, 9.17) is 4.74 Å². The first-order valence-electron chi connectivity index (χ1n) is 3.44. The topological polar surface area (TPSA) is 26.3 Å². The van der Waals surface area contributed by atoms with Crippen LogP contribution >= 0.6 is 0 Å². The lowest BCUT2D eigenvalue weighted by Crippen LogP contribution is -2.06. The fraction of sp³-hybridized carbons (Fsp3) is 0.500. The molecular weight excluding hydrogens is 128 g/mol. The zero-order valence-electron chi connectivity index (χ0n) is 6.09. The molecule has 0 aromatic rings. The highest BCUT2D eigenvalue weighted by molar-refractivity contribution is 5.80. The fourth-order valence-corrected chi connectivity index (χ4v) is 0.880. The predicted molar refractivity (Wildman–Crippen MR) is 38.2 cm³/mol. The third kappa shape index (κ3) is 1.38. The number of hydrogen-bond acceptors (Lipinski definition) is 2. The molecule has 0 spiro atoms. The van der Waals surface area contributed by atoms with Crippen molar-refractivity contribution in [3.05, 3.63) is 18.6 Å². The molecule has 1 radical (unpaired) electrons. The minimum atomic E-state index is -0.0996. The maximum absolute atomic E-state index is 10.9. The highest BCUT2D eigenvalue weighted by Crippen LogP contribution is 2.42. The Balaban J connectivity index is 2.25. The van der Waals surface area contributed by atoms with Gasteiger partial charge in [-0.3, -0.25) is 4.79 Å². The number of esters is 1. The van der Waals surface area contributed by atoms with Crippen molar-refractivity contribution in [1.29, 1.82) is 0 Å². The van der Waals surface area contributed by atoms with E-state index in [0.717, 1.165) is 12.3 Å². The summed E-state index contributed by atoms with van der Waals surface area (Å²) in [6.07, 6.45) is 2.59. The summed E-state index contributed by atoms with van der Waals surface area (Å²) in [5, 5.41) is 0. The van der Waals surface area contributed by atoms with Gasteiger partial charge >= 0.3 is 5.97 Å². The number of carbonyl (C=O) groups excluding carboxylic acids is 1. The summed E-state index contributed by atoms with van der Waals surface area (Å²) in [4.78, 5) is 10.9. The number of rotatable bonds is 3. The average Bonchev–Trinajstić information content (AvgIpc) is 2.66. The molecule has 1 aliphatic rings. The summed E-state index contributed by atoms with van der Waals surface area (Å²) < 4.78 is 4.79. The Hall–Kier alpha value is -0.790. The summed E-state index contributed by atoms with van der Waals surface area (Å²) in [5.41, 5.74) is 0. The summed E-state index contributed by atoms with van der Waals surface area (Å²) in [7, 11) is 0. The van der Waals surface area contributed by atoms with E-state index in [-0.39, 0.29) is 11.9 Å². The van der Waals surface area contributed by atoms with Crippen LogP contribution in [0, 0.1) is 11.8 Å². The molecule has 0 aromatic heterocycles. The Morgan fingerprint density at radius 3 is 3.10 bits per heavy atom. The minimum absolute atomic E-state index is 0.0393. The van der Waals surface area contributed by atoms with Crippen molar-refractivity contribution in [3.8, 4) is 0 Å². The van der Waals surface area contributed by atoms with E-state index in [1.165, 1.54) is 0 Å². The molecule has 0 N–H and O–H groups in total. The van der Waals surface area contributed by atoms with Crippen molar-refractivity contribution in [1.82, 2.24) is 0 Å². The van der Waals surface area contributed by atoms with Gasteiger partial charge in [0, 0.05) is 5.92 Å². The van der Waals surface area contributed by atoms with Gasteiger partial charge in [0.25, 0.3) is 0 Å². The molecule has 2 nitrogen and oxygen atoms in total. The van der Waals surface area contributed by atoms with Gasteiger partial charge in [0.1, 0.15) is 0 Å². The van der Waals surface area contributed by atoms with Crippen molar-refractivity contribution < 1.29 is 9.53 Å². The Morgan fingerprint density at radius 1 is 2.00 bits per heavy atom. The van der Waals surface area contributed by atoms with Gasteiger partial charge in [0.15, 0.2) is 0 Å². The normalized spacial score (nSPS) is 23.9. The molecule has 0 saturated heterocycles. The number of allylic oxidation sites excluding steroid dienone is 1. The van der Waals surface area contributed by atoms with Crippen molar-refractivity contribution in [3.63, 3.8) is 0 Å². The monoisotopic (exact) mass is 139 g/mol. The van der Waals surface area contributed by atoms with Gasteiger partial charge in [0.05, 0.1) is 12.5 Å². The van der Waals surface area contributed by atoms with Gasteiger partial charge in [-0.2, -0.15) is 0 Å². The molecule has 1 fully saturated rings. The van der Waals surface area contributed by atoms with Crippen LogP contribution in [0.2, 0.25) is 0 Å². The Morgan fingerprint density at radius 2 is 2.70 bits per heavy atom. The molecule has 0 aromatic carbocycles. The van der Waals surface area contributed by atoms with Crippen LogP contribution in [0.3, 0.4) is 0 Å². The maximum atomic E-state index is 10.9. The van der Waals surface area contributed by atoms with E-state index in [2.05, 4.69) is 6.58 Å². The first-order chi connectivity index (χ1) is 4.79. The Labute approximate surface area is 60.9 Å². The smallest absolute Gasteiger partial charge is 0.309 e. The molecule has 0 aliphatic heterocycles. The zero-order chi connectivity index (χ0) is 7.56.